The molecule has 8 heteroatoms. The summed E-state index contributed by atoms with van der Waals surface area (Å²) < 4.78 is 28.8. The fourth-order valence-electron chi connectivity index (χ4n) is 2.18. The molecule has 0 saturated heterocycles. The first-order valence-corrected chi connectivity index (χ1v) is 7.94. The average molecular weight is 306 g/mol. The van der Waals surface area contributed by atoms with Crippen molar-refractivity contribution in [1.29, 1.82) is 0 Å². The Morgan fingerprint density at radius 2 is 2.24 bits per heavy atom. The summed E-state index contributed by atoms with van der Waals surface area (Å²) in [5.41, 5.74) is 1.76. The molecule has 2 aromatic rings. The number of anilines is 2. The lowest BCUT2D eigenvalue weighted by atomic mass is 10.2. The number of sulfonamides is 1. The lowest BCUT2D eigenvalue weighted by molar-refractivity contribution is -0.115. The molecule has 1 amide bonds. The number of rotatable bonds is 4. The van der Waals surface area contributed by atoms with Gasteiger partial charge < -0.3 is 5.32 Å². The standard InChI is InChI=1S/C13H14N4O3S/c1-2-17-8-10(7-14-17)16-21(19,20)11-3-4-12-9(5-11)6-13(18)15-12/h3-5,7-8,16H,2,6H2,1H3,(H,15,18). The second-order valence-electron chi connectivity index (χ2n) is 4.73. The summed E-state index contributed by atoms with van der Waals surface area (Å²) in [4.78, 5) is 11.4. The first-order valence-electron chi connectivity index (χ1n) is 6.46. The molecule has 1 aromatic heterocycles. The van der Waals surface area contributed by atoms with E-state index in [0.717, 1.165) is 0 Å². The first kappa shape index (κ1) is 13.6. The van der Waals surface area contributed by atoms with E-state index in [9.17, 15) is 13.2 Å². The summed E-state index contributed by atoms with van der Waals surface area (Å²) in [6.07, 6.45) is 3.28. The monoisotopic (exact) mass is 306 g/mol. The molecule has 2 N–H and O–H groups in total. The van der Waals surface area contributed by atoms with Gasteiger partial charge in [-0.05, 0) is 30.7 Å². The highest BCUT2D eigenvalue weighted by atomic mass is 32.2. The molecule has 0 unspecified atom stereocenters. The van der Waals surface area contributed by atoms with E-state index in [4.69, 9.17) is 0 Å². The van der Waals surface area contributed by atoms with Gasteiger partial charge in [-0.3, -0.25) is 14.2 Å². The zero-order chi connectivity index (χ0) is 15.0. The third kappa shape index (κ3) is 2.62. The van der Waals surface area contributed by atoms with E-state index in [-0.39, 0.29) is 17.2 Å². The number of carbonyl (C=O) groups is 1. The van der Waals surface area contributed by atoms with E-state index >= 15 is 0 Å². The normalized spacial score (nSPS) is 13.9. The van der Waals surface area contributed by atoms with E-state index in [1.165, 1.54) is 18.3 Å². The highest BCUT2D eigenvalue weighted by Gasteiger charge is 2.22. The van der Waals surface area contributed by atoms with Crippen LogP contribution in [0.3, 0.4) is 0 Å². The Morgan fingerprint density at radius 1 is 1.43 bits per heavy atom. The molecular weight excluding hydrogens is 292 g/mol. The third-order valence-electron chi connectivity index (χ3n) is 3.22. The Labute approximate surface area is 122 Å². The van der Waals surface area contributed by atoms with Gasteiger partial charge >= 0.3 is 0 Å². The predicted octanol–water partition coefficient (Wildman–Crippen LogP) is 1.20. The average Bonchev–Trinajstić information content (AvgIpc) is 3.02. The van der Waals surface area contributed by atoms with Gasteiger partial charge in [0.15, 0.2) is 0 Å². The molecule has 0 saturated carbocycles. The van der Waals surface area contributed by atoms with Crippen LogP contribution in [0.15, 0.2) is 35.5 Å². The number of hydrogen-bond donors (Lipinski definition) is 2. The minimum Gasteiger partial charge on any atom is -0.326 e. The van der Waals surface area contributed by atoms with Crippen molar-refractivity contribution in [3.63, 3.8) is 0 Å². The van der Waals surface area contributed by atoms with Crippen LogP contribution >= 0.6 is 0 Å². The van der Waals surface area contributed by atoms with Crippen LogP contribution in [0.5, 0.6) is 0 Å². The smallest absolute Gasteiger partial charge is 0.262 e. The van der Waals surface area contributed by atoms with Gasteiger partial charge in [0.2, 0.25) is 5.91 Å². The molecule has 0 radical (unpaired) electrons. The summed E-state index contributed by atoms with van der Waals surface area (Å²) in [5.74, 6) is -0.128. The van der Waals surface area contributed by atoms with Crippen molar-refractivity contribution in [2.45, 2.75) is 24.8 Å². The largest absolute Gasteiger partial charge is 0.326 e. The van der Waals surface area contributed by atoms with E-state index in [1.54, 1.807) is 16.9 Å². The van der Waals surface area contributed by atoms with Crippen molar-refractivity contribution in [1.82, 2.24) is 9.78 Å². The van der Waals surface area contributed by atoms with Crippen LogP contribution in [0, 0.1) is 0 Å². The Hall–Kier alpha value is -2.35. The molecular formula is C13H14N4O3S. The molecule has 3 rings (SSSR count). The molecule has 1 aliphatic heterocycles. The fourth-order valence-corrected chi connectivity index (χ4v) is 3.25. The quantitative estimate of drug-likeness (QED) is 0.887. The maximum Gasteiger partial charge on any atom is 0.262 e. The Bertz CT molecular complexity index is 811. The van der Waals surface area contributed by atoms with Gasteiger partial charge in [-0.2, -0.15) is 5.10 Å². The summed E-state index contributed by atoms with van der Waals surface area (Å²) in [6, 6.07) is 4.58. The Morgan fingerprint density at radius 3 is 2.95 bits per heavy atom. The highest BCUT2D eigenvalue weighted by molar-refractivity contribution is 7.92. The number of nitrogens with one attached hydrogen (secondary N) is 2. The van der Waals surface area contributed by atoms with Crippen LogP contribution in [0.1, 0.15) is 12.5 Å². The zero-order valence-electron chi connectivity index (χ0n) is 11.3. The maximum atomic E-state index is 12.3. The molecule has 1 aliphatic rings. The van der Waals surface area contributed by atoms with Gasteiger partial charge in [-0.1, -0.05) is 0 Å². The van der Waals surface area contributed by atoms with E-state index in [0.29, 0.717) is 23.5 Å². The summed E-state index contributed by atoms with van der Waals surface area (Å²) in [7, 11) is -3.69. The van der Waals surface area contributed by atoms with E-state index in [1.807, 2.05) is 6.92 Å². The van der Waals surface area contributed by atoms with Crippen LogP contribution in [0.4, 0.5) is 11.4 Å². The molecule has 21 heavy (non-hydrogen) atoms. The number of carbonyl (C=O) groups excluding carboxylic acids is 1. The molecule has 0 atom stereocenters. The van der Waals surface area contributed by atoms with E-state index < -0.39 is 10.0 Å². The number of fused-ring (bicyclic) bond motifs is 1. The first-order chi connectivity index (χ1) is 9.98. The molecule has 0 fully saturated rings. The van der Waals surface area contributed by atoms with Gasteiger partial charge in [0.25, 0.3) is 10.0 Å². The number of nitrogens with zero attached hydrogens (tertiary/aromatic N) is 2. The molecule has 0 spiro atoms. The Balaban J connectivity index is 1.88. The molecule has 7 nitrogen and oxygen atoms in total. The molecule has 110 valence electrons. The number of aryl methyl sites for hydroxylation is 1. The number of aromatic nitrogens is 2. The highest BCUT2D eigenvalue weighted by Crippen LogP contribution is 2.26. The topological polar surface area (TPSA) is 93.1 Å². The number of amides is 1. The molecule has 2 heterocycles. The predicted molar refractivity (Wildman–Crippen MR) is 77.5 cm³/mol. The van der Waals surface area contributed by atoms with E-state index in [2.05, 4.69) is 15.1 Å². The van der Waals surface area contributed by atoms with Gasteiger partial charge in [0, 0.05) is 18.4 Å². The van der Waals surface area contributed by atoms with Gasteiger partial charge in [-0.25, -0.2) is 8.42 Å². The van der Waals surface area contributed by atoms with Crippen molar-refractivity contribution in [3.05, 3.63) is 36.2 Å². The lowest BCUT2D eigenvalue weighted by Gasteiger charge is -2.07. The lowest BCUT2D eigenvalue weighted by Crippen LogP contribution is -2.12. The van der Waals surface area contributed by atoms with Crippen molar-refractivity contribution < 1.29 is 13.2 Å². The zero-order valence-corrected chi connectivity index (χ0v) is 12.1. The number of hydrogen-bond acceptors (Lipinski definition) is 4. The van der Waals surface area contributed by atoms with Crippen LogP contribution in [-0.4, -0.2) is 24.1 Å². The summed E-state index contributed by atoms with van der Waals surface area (Å²) >= 11 is 0. The van der Waals surface area contributed by atoms with Gasteiger partial charge in [0.05, 0.1) is 23.2 Å². The second-order valence-corrected chi connectivity index (χ2v) is 6.42. The molecule has 0 aliphatic carbocycles. The van der Waals surface area contributed by atoms with Crippen molar-refractivity contribution >= 4 is 27.3 Å². The van der Waals surface area contributed by atoms with Crippen LogP contribution in [0.2, 0.25) is 0 Å². The van der Waals surface area contributed by atoms with Crippen LogP contribution in [-0.2, 0) is 27.8 Å². The minimum atomic E-state index is -3.69. The summed E-state index contributed by atoms with van der Waals surface area (Å²) in [5, 5.41) is 6.68. The van der Waals surface area contributed by atoms with Crippen molar-refractivity contribution in [3.8, 4) is 0 Å². The van der Waals surface area contributed by atoms with Crippen molar-refractivity contribution in [2.24, 2.45) is 0 Å². The van der Waals surface area contributed by atoms with Gasteiger partial charge in [-0.15, -0.1) is 0 Å². The van der Waals surface area contributed by atoms with Gasteiger partial charge in [0.1, 0.15) is 0 Å². The Kier molecular flexibility index (Phi) is 3.17. The fraction of sp³-hybridized carbons (Fsp3) is 0.231. The summed E-state index contributed by atoms with van der Waals surface area (Å²) in [6.45, 7) is 2.57. The van der Waals surface area contributed by atoms with Crippen LogP contribution < -0.4 is 10.0 Å². The van der Waals surface area contributed by atoms with Crippen LogP contribution in [0.25, 0.3) is 0 Å². The molecule has 0 bridgehead atoms. The SMILES string of the molecule is CCn1cc(NS(=O)(=O)c2ccc3c(c2)CC(=O)N3)cn1. The molecule has 1 aromatic carbocycles. The second kappa shape index (κ2) is 4.88. The minimum absolute atomic E-state index is 0.127. The maximum absolute atomic E-state index is 12.3. The van der Waals surface area contributed by atoms with Crippen molar-refractivity contribution in [2.75, 3.05) is 10.0 Å². The third-order valence-corrected chi connectivity index (χ3v) is 4.60. The number of benzene rings is 1.